The van der Waals surface area contributed by atoms with E-state index in [2.05, 4.69) is 0 Å². The summed E-state index contributed by atoms with van der Waals surface area (Å²) < 4.78 is 4.94. The number of esters is 1. The lowest BCUT2D eigenvalue weighted by atomic mass is 9.94. The minimum Gasteiger partial charge on any atom is -0.465 e. The highest BCUT2D eigenvalue weighted by molar-refractivity contribution is 6.42. The predicted octanol–water partition coefficient (Wildman–Crippen LogP) is 5.00. The van der Waals surface area contributed by atoms with Gasteiger partial charge in [0.05, 0.1) is 28.3 Å². The molecule has 1 aromatic rings. The molecule has 1 aromatic carbocycles. The number of hydrogen-bond donors (Lipinski definition) is 0. The van der Waals surface area contributed by atoms with Crippen LogP contribution >= 0.6 is 23.2 Å². The smallest absolute Gasteiger partial charge is 0.340 e. The van der Waals surface area contributed by atoms with Gasteiger partial charge in [-0.15, -0.1) is 0 Å². The number of allylic oxidation sites excluding steroid dienone is 1. The number of nitrogens with zero attached hydrogens (tertiary/aromatic N) is 1. The molecule has 1 amide bonds. The summed E-state index contributed by atoms with van der Waals surface area (Å²) in [5.41, 5.74) is 2.05. The number of carbonyl (C=O) groups is 2. The second kappa shape index (κ2) is 7.85. The fourth-order valence-electron chi connectivity index (χ4n) is 3.75. The molecule has 3 rings (SSSR count). The fraction of sp³-hybridized carbons (Fsp3) is 0.400. The van der Waals surface area contributed by atoms with E-state index >= 15 is 0 Å². The van der Waals surface area contributed by atoms with Crippen molar-refractivity contribution in [1.82, 2.24) is 4.90 Å². The SMILES string of the molecule is COC(=O)C1=C(C)N(C2CCCCC2)C(=O)C1=Cc1ccc(Cl)c(Cl)c1. The van der Waals surface area contributed by atoms with Crippen LogP contribution in [-0.2, 0) is 14.3 Å². The molecule has 0 radical (unpaired) electrons. The summed E-state index contributed by atoms with van der Waals surface area (Å²) in [4.78, 5) is 27.3. The standard InChI is InChI=1S/C20H21Cl2NO3/c1-12-18(20(25)26-2)15(10-13-8-9-16(21)17(22)11-13)19(24)23(12)14-6-4-3-5-7-14/h8-11,14H,3-7H2,1-2H3. The molecule has 0 spiro atoms. The van der Waals surface area contributed by atoms with Gasteiger partial charge in [0, 0.05) is 11.7 Å². The van der Waals surface area contributed by atoms with E-state index in [4.69, 9.17) is 27.9 Å². The Bertz CT molecular complexity index is 807. The molecule has 0 N–H and O–H groups in total. The lowest BCUT2D eigenvalue weighted by molar-refractivity contribution is -0.136. The van der Waals surface area contributed by atoms with Crippen molar-refractivity contribution in [3.05, 3.63) is 50.7 Å². The van der Waals surface area contributed by atoms with Crippen molar-refractivity contribution in [2.45, 2.75) is 45.1 Å². The number of benzene rings is 1. The molecule has 26 heavy (non-hydrogen) atoms. The minimum atomic E-state index is -0.500. The first-order valence-corrected chi connectivity index (χ1v) is 9.49. The number of amides is 1. The summed E-state index contributed by atoms with van der Waals surface area (Å²) >= 11 is 12.0. The van der Waals surface area contributed by atoms with E-state index in [9.17, 15) is 9.59 Å². The molecule has 1 saturated carbocycles. The van der Waals surface area contributed by atoms with Crippen LogP contribution in [0.25, 0.3) is 6.08 Å². The second-order valence-electron chi connectivity index (χ2n) is 6.65. The molecule has 1 heterocycles. The summed E-state index contributed by atoms with van der Waals surface area (Å²) in [5, 5.41) is 0.839. The summed E-state index contributed by atoms with van der Waals surface area (Å²) in [6, 6.07) is 5.25. The molecule has 0 aromatic heterocycles. The lowest BCUT2D eigenvalue weighted by Gasteiger charge is -2.32. The van der Waals surface area contributed by atoms with Crippen LogP contribution in [0.1, 0.15) is 44.6 Å². The monoisotopic (exact) mass is 393 g/mol. The molecule has 138 valence electrons. The van der Waals surface area contributed by atoms with E-state index in [0.29, 0.717) is 32.5 Å². The third kappa shape index (κ3) is 3.53. The molecule has 1 aliphatic carbocycles. The molecule has 0 bridgehead atoms. The maximum absolute atomic E-state index is 13.2. The number of halogens is 2. The number of rotatable bonds is 3. The minimum absolute atomic E-state index is 0.135. The summed E-state index contributed by atoms with van der Waals surface area (Å²) in [5.74, 6) is -0.652. The Morgan fingerprint density at radius 2 is 1.88 bits per heavy atom. The van der Waals surface area contributed by atoms with E-state index < -0.39 is 5.97 Å². The van der Waals surface area contributed by atoms with Crippen LogP contribution in [0.3, 0.4) is 0 Å². The lowest BCUT2D eigenvalue weighted by Crippen LogP contribution is -2.37. The molecule has 4 nitrogen and oxygen atoms in total. The van der Waals surface area contributed by atoms with Gasteiger partial charge in [0.2, 0.25) is 0 Å². The predicted molar refractivity (Wildman–Crippen MR) is 103 cm³/mol. The molecule has 6 heteroatoms. The van der Waals surface area contributed by atoms with Gasteiger partial charge in [-0.05, 0) is 43.5 Å². The van der Waals surface area contributed by atoms with Crippen molar-refractivity contribution in [3.63, 3.8) is 0 Å². The second-order valence-corrected chi connectivity index (χ2v) is 7.46. The van der Waals surface area contributed by atoms with Gasteiger partial charge in [-0.1, -0.05) is 48.5 Å². The van der Waals surface area contributed by atoms with Crippen molar-refractivity contribution in [3.8, 4) is 0 Å². The molecule has 2 aliphatic rings. The topological polar surface area (TPSA) is 46.6 Å². The first-order valence-electron chi connectivity index (χ1n) is 8.74. The zero-order valence-electron chi connectivity index (χ0n) is 14.9. The van der Waals surface area contributed by atoms with Crippen molar-refractivity contribution in [2.24, 2.45) is 0 Å². The van der Waals surface area contributed by atoms with Gasteiger partial charge < -0.3 is 9.64 Å². The van der Waals surface area contributed by atoms with Crippen LogP contribution in [0.2, 0.25) is 10.0 Å². The first-order chi connectivity index (χ1) is 12.4. The largest absolute Gasteiger partial charge is 0.465 e. The van der Waals surface area contributed by atoms with Gasteiger partial charge >= 0.3 is 5.97 Å². The Kier molecular flexibility index (Phi) is 5.73. The molecule has 0 saturated heterocycles. The molecule has 1 fully saturated rings. The Morgan fingerprint density at radius 1 is 1.19 bits per heavy atom. The van der Waals surface area contributed by atoms with Crippen molar-refractivity contribution in [1.29, 1.82) is 0 Å². The van der Waals surface area contributed by atoms with Crippen LogP contribution in [-0.4, -0.2) is 29.9 Å². The van der Waals surface area contributed by atoms with E-state index in [1.807, 2.05) is 6.92 Å². The van der Waals surface area contributed by atoms with E-state index in [0.717, 1.165) is 25.7 Å². The molecule has 1 aliphatic heterocycles. The van der Waals surface area contributed by atoms with Crippen LogP contribution in [0.4, 0.5) is 0 Å². The Labute approximate surface area is 163 Å². The third-order valence-electron chi connectivity index (χ3n) is 5.03. The Balaban J connectivity index is 2.04. The maximum Gasteiger partial charge on any atom is 0.340 e. The zero-order chi connectivity index (χ0) is 18.8. The van der Waals surface area contributed by atoms with E-state index in [1.165, 1.54) is 13.5 Å². The average Bonchev–Trinajstić information content (AvgIpc) is 2.88. The summed E-state index contributed by atoms with van der Waals surface area (Å²) in [7, 11) is 1.33. The normalized spacial score (nSPS) is 20.2. The molecule has 0 atom stereocenters. The van der Waals surface area contributed by atoms with Crippen LogP contribution in [0, 0.1) is 0 Å². The van der Waals surface area contributed by atoms with Crippen LogP contribution in [0.15, 0.2) is 35.0 Å². The maximum atomic E-state index is 13.2. The molecular weight excluding hydrogens is 373 g/mol. The molecular formula is C20H21Cl2NO3. The Morgan fingerprint density at radius 3 is 2.50 bits per heavy atom. The van der Waals surface area contributed by atoms with Gasteiger partial charge in [0.15, 0.2) is 0 Å². The summed E-state index contributed by atoms with van der Waals surface area (Å²) in [6.45, 7) is 1.81. The van der Waals surface area contributed by atoms with Crippen molar-refractivity contribution >= 4 is 41.2 Å². The quantitative estimate of drug-likeness (QED) is 0.536. The van der Waals surface area contributed by atoms with Crippen molar-refractivity contribution in [2.75, 3.05) is 7.11 Å². The Hall–Kier alpha value is -1.78. The van der Waals surface area contributed by atoms with Gasteiger partial charge in [0.1, 0.15) is 0 Å². The number of carbonyl (C=O) groups excluding carboxylic acids is 2. The van der Waals surface area contributed by atoms with Gasteiger partial charge in [-0.25, -0.2) is 4.79 Å². The number of hydrogen-bond acceptors (Lipinski definition) is 3. The van der Waals surface area contributed by atoms with Gasteiger partial charge in [0.25, 0.3) is 5.91 Å². The van der Waals surface area contributed by atoms with E-state index in [-0.39, 0.29) is 11.9 Å². The van der Waals surface area contributed by atoms with Gasteiger partial charge in [-0.3, -0.25) is 4.79 Å². The number of methoxy groups -OCH3 is 1. The summed E-state index contributed by atoms with van der Waals surface area (Å²) in [6.07, 6.45) is 6.98. The van der Waals surface area contributed by atoms with Gasteiger partial charge in [-0.2, -0.15) is 0 Å². The average molecular weight is 394 g/mol. The highest BCUT2D eigenvalue weighted by atomic mass is 35.5. The third-order valence-corrected chi connectivity index (χ3v) is 5.76. The molecule has 0 unspecified atom stereocenters. The van der Waals surface area contributed by atoms with Crippen LogP contribution < -0.4 is 0 Å². The fourth-order valence-corrected chi connectivity index (χ4v) is 4.05. The number of ether oxygens (including phenoxy) is 1. The first kappa shape index (κ1) is 19.0. The highest BCUT2D eigenvalue weighted by Gasteiger charge is 2.40. The van der Waals surface area contributed by atoms with E-state index in [1.54, 1.807) is 29.2 Å². The van der Waals surface area contributed by atoms with Crippen LogP contribution in [0.5, 0.6) is 0 Å². The van der Waals surface area contributed by atoms with Crippen molar-refractivity contribution < 1.29 is 14.3 Å². The highest BCUT2D eigenvalue weighted by Crippen LogP contribution is 2.37. The zero-order valence-corrected chi connectivity index (χ0v) is 16.4.